The van der Waals surface area contributed by atoms with E-state index in [-0.39, 0.29) is 12.5 Å². The number of rotatable bonds is 3. The molecular formula is C13H13F2N3O2. The summed E-state index contributed by atoms with van der Waals surface area (Å²) >= 11 is 0. The number of β-amino-alcohol motifs (C(OH)–C–C–N with tert-alkyl or cyclic N) is 1. The highest BCUT2D eigenvalue weighted by Crippen LogP contribution is 2.22. The van der Waals surface area contributed by atoms with Crippen LogP contribution in [0.2, 0.25) is 0 Å². The maximum absolute atomic E-state index is 13.1. The predicted octanol–water partition coefficient (Wildman–Crippen LogP) is 1.33. The van der Waals surface area contributed by atoms with Gasteiger partial charge in [0.25, 0.3) is 0 Å². The molecule has 3 rings (SSSR count). The maximum atomic E-state index is 13.1. The molecular weight excluding hydrogens is 268 g/mol. The Hall–Kier alpha value is -1.86. The summed E-state index contributed by atoms with van der Waals surface area (Å²) in [6, 6.07) is 3.11. The number of nitrogens with one attached hydrogen (secondary N) is 1. The molecule has 0 amide bonds. The van der Waals surface area contributed by atoms with Gasteiger partial charge in [-0.1, -0.05) is 5.16 Å². The second kappa shape index (κ2) is 5.26. The summed E-state index contributed by atoms with van der Waals surface area (Å²) in [4.78, 5) is 4.19. The Morgan fingerprint density at radius 2 is 2.05 bits per heavy atom. The number of hydrogen-bond acceptors (Lipinski definition) is 5. The zero-order valence-corrected chi connectivity index (χ0v) is 10.5. The molecule has 106 valence electrons. The number of benzene rings is 1. The molecule has 0 unspecified atom stereocenters. The van der Waals surface area contributed by atoms with Crippen LogP contribution in [0, 0.1) is 11.6 Å². The largest absolute Gasteiger partial charge is 0.392 e. The number of aliphatic hydroxyl groups excluding tert-OH is 1. The van der Waals surface area contributed by atoms with Crippen LogP contribution in [0.15, 0.2) is 22.7 Å². The van der Waals surface area contributed by atoms with Crippen molar-refractivity contribution in [1.82, 2.24) is 15.5 Å². The Kier molecular flexibility index (Phi) is 3.45. The van der Waals surface area contributed by atoms with Gasteiger partial charge >= 0.3 is 0 Å². The zero-order valence-electron chi connectivity index (χ0n) is 10.5. The molecule has 20 heavy (non-hydrogen) atoms. The average molecular weight is 281 g/mol. The minimum Gasteiger partial charge on any atom is -0.392 e. The number of halogens is 2. The minimum absolute atomic E-state index is 0.171. The fourth-order valence-electron chi connectivity index (χ4n) is 2.28. The van der Waals surface area contributed by atoms with Crippen LogP contribution < -0.4 is 5.32 Å². The summed E-state index contributed by atoms with van der Waals surface area (Å²) in [5.74, 6) is -0.532. The Balaban J connectivity index is 1.73. The van der Waals surface area contributed by atoms with E-state index in [1.54, 1.807) is 0 Å². The number of aliphatic hydroxyl groups is 1. The second-order valence-corrected chi connectivity index (χ2v) is 4.85. The Morgan fingerprint density at radius 3 is 2.70 bits per heavy atom. The molecule has 1 aliphatic rings. The molecule has 0 saturated carbocycles. The summed E-state index contributed by atoms with van der Waals surface area (Å²) in [7, 11) is 0. The first-order valence-electron chi connectivity index (χ1n) is 6.29. The van der Waals surface area contributed by atoms with E-state index in [9.17, 15) is 13.9 Å². The molecule has 0 spiro atoms. The van der Waals surface area contributed by atoms with E-state index >= 15 is 0 Å². The van der Waals surface area contributed by atoms with Gasteiger partial charge in [0.1, 0.15) is 11.6 Å². The highest BCUT2D eigenvalue weighted by atomic mass is 19.1. The van der Waals surface area contributed by atoms with Gasteiger partial charge in [0.2, 0.25) is 5.89 Å². The third kappa shape index (κ3) is 2.83. The van der Waals surface area contributed by atoms with E-state index < -0.39 is 17.7 Å². The molecule has 1 fully saturated rings. The van der Waals surface area contributed by atoms with E-state index in [0.717, 1.165) is 6.07 Å². The quantitative estimate of drug-likeness (QED) is 0.888. The molecule has 0 aliphatic carbocycles. The zero-order chi connectivity index (χ0) is 14.1. The Morgan fingerprint density at radius 1 is 1.30 bits per heavy atom. The third-order valence-electron chi connectivity index (χ3n) is 3.17. The highest BCUT2D eigenvalue weighted by Gasteiger charge is 2.28. The molecule has 1 saturated heterocycles. The van der Waals surface area contributed by atoms with Crippen molar-refractivity contribution in [3.05, 3.63) is 47.1 Å². The molecule has 2 aromatic rings. The average Bonchev–Trinajstić information content (AvgIpc) is 2.96. The number of aromatic nitrogens is 2. The van der Waals surface area contributed by atoms with Crippen LogP contribution >= 0.6 is 0 Å². The van der Waals surface area contributed by atoms with Crippen LogP contribution in [0.5, 0.6) is 0 Å². The van der Waals surface area contributed by atoms with Gasteiger partial charge in [-0.25, -0.2) is 8.78 Å². The van der Waals surface area contributed by atoms with Crippen molar-refractivity contribution in [2.45, 2.75) is 25.0 Å². The van der Waals surface area contributed by atoms with Gasteiger partial charge in [-0.2, -0.15) is 4.98 Å². The molecule has 2 atom stereocenters. The maximum Gasteiger partial charge on any atom is 0.243 e. The Bertz CT molecular complexity index is 597. The molecule has 0 bridgehead atoms. The highest BCUT2D eigenvalue weighted by molar-refractivity contribution is 5.21. The van der Waals surface area contributed by atoms with Crippen LogP contribution in [0.1, 0.15) is 29.7 Å². The van der Waals surface area contributed by atoms with Gasteiger partial charge in [-0.05, 0) is 24.1 Å². The van der Waals surface area contributed by atoms with Crippen LogP contribution in [-0.4, -0.2) is 27.9 Å². The fourth-order valence-corrected chi connectivity index (χ4v) is 2.28. The van der Waals surface area contributed by atoms with Crippen LogP contribution in [0.4, 0.5) is 8.78 Å². The number of nitrogens with zero attached hydrogens (tertiary/aromatic N) is 2. The van der Waals surface area contributed by atoms with Gasteiger partial charge in [-0.15, -0.1) is 0 Å². The van der Waals surface area contributed by atoms with E-state index in [1.807, 2.05) is 0 Å². The number of hydrogen-bond donors (Lipinski definition) is 2. The first kappa shape index (κ1) is 13.1. The van der Waals surface area contributed by atoms with Crippen molar-refractivity contribution in [2.24, 2.45) is 0 Å². The van der Waals surface area contributed by atoms with E-state index in [4.69, 9.17) is 4.52 Å². The summed E-state index contributed by atoms with van der Waals surface area (Å²) in [5.41, 5.74) is 0.439. The first-order chi connectivity index (χ1) is 9.60. The summed E-state index contributed by atoms with van der Waals surface area (Å²) in [5, 5.41) is 16.3. The van der Waals surface area contributed by atoms with E-state index in [1.165, 1.54) is 12.1 Å². The Labute approximate surface area is 113 Å². The molecule has 5 nitrogen and oxygen atoms in total. The lowest BCUT2D eigenvalue weighted by Crippen LogP contribution is -2.15. The van der Waals surface area contributed by atoms with Crippen LogP contribution in [0.3, 0.4) is 0 Å². The van der Waals surface area contributed by atoms with Crippen molar-refractivity contribution in [2.75, 3.05) is 6.54 Å². The van der Waals surface area contributed by atoms with Crippen LogP contribution in [-0.2, 0) is 6.42 Å². The smallest absolute Gasteiger partial charge is 0.243 e. The molecule has 2 heterocycles. The van der Waals surface area contributed by atoms with Crippen molar-refractivity contribution in [1.29, 1.82) is 0 Å². The minimum atomic E-state index is -0.635. The van der Waals surface area contributed by atoms with Gasteiger partial charge in [0.05, 0.1) is 12.1 Å². The molecule has 7 heteroatoms. The normalized spacial score (nSPS) is 22.4. The van der Waals surface area contributed by atoms with Crippen molar-refractivity contribution >= 4 is 0 Å². The molecule has 0 radical (unpaired) electrons. The molecule has 2 N–H and O–H groups in total. The van der Waals surface area contributed by atoms with Crippen LogP contribution in [0.25, 0.3) is 0 Å². The third-order valence-corrected chi connectivity index (χ3v) is 3.17. The lowest BCUT2D eigenvalue weighted by molar-refractivity contribution is 0.191. The summed E-state index contributed by atoms with van der Waals surface area (Å²) < 4.78 is 31.3. The molecule has 1 aromatic heterocycles. The van der Waals surface area contributed by atoms with Gasteiger partial charge in [-0.3, -0.25) is 0 Å². The monoisotopic (exact) mass is 281 g/mol. The van der Waals surface area contributed by atoms with Crippen molar-refractivity contribution in [3.8, 4) is 0 Å². The van der Waals surface area contributed by atoms with E-state index in [2.05, 4.69) is 15.5 Å². The lowest BCUT2D eigenvalue weighted by atomic mass is 10.1. The second-order valence-electron chi connectivity index (χ2n) is 4.85. The van der Waals surface area contributed by atoms with Crippen molar-refractivity contribution in [3.63, 3.8) is 0 Å². The first-order valence-corrected chi connectivity index (χ1v) is 6.29. The topological polar surface area (TPSA) is 71.2 Å². The van der Waals surface area contributed by atoms with E-state index in [0.29, 0.717) is 30.2 Å². The molecule has 1 aliphatic heterocycles. The predicted molar refractivity (Wildman–Crippen MR) is 64.8 cm³/mol. The summed E-state index contributed by atoms with van der Waals surface area (Å²) in [6.07, 6.45) is 0.275. The standard InChI is InChI=1S/C13H13F2N3O2/c14-8-1-7(2-9(15)4-8)3-12-17-13(20-18-12)11-5-10(19)6-16-11/h1-2,4,10-11,16,19H,3,5-6H2/t10-,11-/m1/s1. The SMILES string of the molecule is O[C@H]1CN[C@@H](c2nc(Cc3cc(F)cc(F)c3)no2)C1. The summed E-state index contributed by atoms with van der Waals surface area (Å²) in [6.45, 7) is 0.484. The van der Waals surface area contributed by atoms with Gasteiger partial charge in [0, 0.05) is 19.0 Å². The van der Waals surface area contributed by atoms with Gasteiger partial charge in [0.15, 0.2) is 5.82 Å². The molecule has 1 aromatic carbocycles. The fraction of sp³-hybridized carbons (Fsp3) is 0.385. The van der Waals surface area contributed by atoms with Crippen molar-refractivity contribution < 1.29 is 18.4 Å². The van der Waals surface area contributed by atoms with Gasteiger partial charge < -0.3 is 14.9 Å². The lowest BCUT2D eigenvalue weighted by Gasteiger charge is -2.01.